The Bertz CT molecular complexity index is 905. The Labute approximate surface area is 174 Å². The highest BCUT2D eigenvalue weighted by Crippen LogP contribution is 2.36. The summed E-state index contributed by atoms with van der Waals surface area (Å²) in [5.41, 5.74) is 1.95. The number of hydrogen-bond donors (Lipinski definition) is 0. The third-order valence-electron chi connectivity index (χ3n) is 6.12. The average Bonchev–Trinajstić information content (AvgIpc) is 2.75. The molecular formula is C23H25F3N2O2. The van der Waals surface area contributed by atoms with Crippen LogP contribution in [0.4, 0.5) is 18.0 Å². The molecule has 1 saturated heterocycles. The number of hydrogen-bond acceptors (Lipinski definition) is 3. The zero-order valence-electron chi connectivity index (χ0n) is 16.9. The monoisotopic (exact) mass is 418 g/mol. The van der Waals surface area contributed by atoms with Gasteiger partial charge in [0, 0.05) is 6.54 Å². The molecule has 1 atom stereocenters. The lowest BCUT2D eigenvalue weighted by molar-refractivity contribution is 0.0637. The summed E-state index contributed by atoms with van der Waals surface area (Å²) in [7, 11) is 2.07. The Hall–Kier alpha value is -2.54. The van der Waals surface area contributed by atoms with Crippen molar-refractivity contribution in [3.8, 4) is 0 Å². The molecule has 30 heavy (non-hydrogen) atoms. The topological polar surface area (TPSA) is 32.8 Å². The largest absolute Gasteiger partial charge is 0.449 e. The molecule has 2 heterocycles. The second-order valence-electron chi connectivity index (χ2n) is 8.17. The molecule has 0 unspecified atom stereocenters. The van der Waals surface area contributed by atoms with Gasteiger partial charge in [-0.25, -0.2) is 18.0 Å². The van der Waals surface area contributed by atoms with Crippen molar-refractivity contribution in [3.05, 3.63) is 70.5 Å². The summed E-state index contributed by atoms with van der Waals surface area (Å²) in [6.45, 7) is 2.62. The lowest BCUT2D eigenvalue weighted by Gasteiger charge is -2.37. The number of likely N-dealkylation sites (tertiary alicyclic amines) is 1. The lowest BCUT2D eigenvalue weighted by Crippen LogP contribution is -2.42. The second-order valence-corrected chi connectivity index (χ2v) is 8.17. The summed E-state index contributed by atoms with van der Waals surface area (Å²) in [4.78, 5) is 16.7. The van der Waals surface area contributed by atoms with E-state index in [2.05, 4.69) is 11.9 Å². The smallest absolute Gasteiger partial charge is 0.410 e. The van der Waals surface area contributed by atoms with Gasteiger partial charge in [-0.3, -0.25) is 4.90 Å². The van der Waals surface area contributed by atoms with Gasteiger partial charge < -0.3 is 9.64 Å². The van der Waals surface area contributed by atoms with E-state index in [-0.39, 0.29) is 5.56 Å². The van der Waals surface area contributed by atoms with E-state index >= 15 is 0 Å². The third kappa shape index (κ3) is 4.17. The van der Waals surface area contributed by atoms with Crippen LogP contribution in [0, 0.1) is 23.4 Å². The molecule has 4 rings (SSSR count). The number of benzene rings is 2. The van der Waals surface area contributed by atoms with Gasteiger partial charge in [0.15, 0.2) is 17.5 Å². The van der Waals surface area contributed by atoms with E-state index in [9.17, 15) is 18.0 Å². The standard InChI is InChI=1S/C23H25F3N2O2/c1-27-9-6-15(7-10-27)14-30-23(29)28-11-8-16-4-2-3-5-18(16)22(28)17-12-19(24)21(26)20(25)13-17/h2-5,12-13,15,22H,6-11,14H2,1H3/t22-/m1/s1. The van der Waals surface area contributed by atoms with Crippen LogP contribution < -0.4 is 0 Å². The number of carbonyl (C=O) groups is 1. The van der Waals surface area contributed by atoms with Gasteiger partial charge in [0.25, 0.3) is 0 Å². The quantitative estimate of drug-likeness (QED) is 0.687. The number of halogens is 3. The van der Waals surface area contributed by atoms with Crippen molar-refractivity contribution in [3.63, 3.8) is 0 Å². The van der Waals surface area contributed by atoms with Crippen molar-refractivity contribution in [1.29, 1.82) is 0 Å². The zero-order valence-corrected chi connectivity index (χ0v) is 16.9. The summed E-state index contributed by atoms with van der Waals surface area (Å²) in [5, 5.41) is 0. The van der Waals surface area contributed by atoms with Crippen LogP contribution in [0.3, 0.4) is 0 Å². The van der Waals surface area contributed by atoms with Crippen LogP contribution in [0.2, 0.25) is 0 Å². The normalized spacial score (nSPS) is 20.1. The first-order chi connectivity index (χ1) is 14.4. The van der Waals surface area contributed by atoms with Gasteiger partial charge >= 0.3 is 6.09 Å². The van der Waals surface area contributed by atoms with E-state index in [1.54, 1.807) is 0 Å². The molecular weight excluding hydrogens is 393 g/mol. The van der Waals surface area contributed by atoms with Crippen molar-refractivity contribution in [1.82, 2.24) is 9.80 Å². The van der Waals surface area contributed by atoms with Crippen LogP contribution in [-0.2, 0) is 11.2 Å². The van der Waals surface area contributed by atoms with Crippen molar-refractivity contribution < 1.29 is 22.7 Å². The summed E-state index contributed by atoms with van der Waals surface area (Å²) in [6, 6.07) is 8.65. The van der Waals surface area contributed by atoms with Crippen LogP contribution in [-0.4, -0.2) is 49.2 Å². The molecule has 0 N–H and O–H groups in total. The summed E-state index contributed by atoms with van der Waals surface area (Å²) >= 11 is 0. The number of carbonyl (C=O) groups excluding carboxylic acids is 1. The Morgan fingerprint density at radius 3 is 2.43 bits per heavy atom. The minimum Gasteiger partial charge on any atom is -0.449 e. The molecule has 0 bridgehead atoms. The predicted octanol–water partition coefficient (Wildman–Crippen LogP) is 4.53. The number of fused-ring (bicyclic) bond motifs is 1. The van der Waals surface area contributed by atoms with Crippen molar-refractivity contribution in [2.45, 2.75) is 25.3 Å². The van der Waals surface area contributed by atoms with Crippen LogP contribution in [0.25, 0.3) is 0 Å². The molecule has 0 aromatic heterocycles. The van der Waals surface area contributed by atoms with Crippen LogP contribution in [0.1, 0.15) is 35.6 Å². The molecule has 2 aromatic rings. The van der Waals surface area contributed by atoms with Gasteiger partial charge in [-0.05, 0) is 74.1 Å². The maximum atomic E-state index is 14.0. The molecule has 0 saturated carbocycles. The fourth-order valence-corrected chi connectivity index (χ4v) is 4.36. The molecule has 4 nitrogen and oxygen atoms in total. The first-order valence-electron chi connectivity index (χ1n) is 10.3. The van der Waals surface area contributed by atoms with E-state index < -0.39 is 29.6 Å². The highest BCUT2D eigenvalue weighted by Gasteiger charge is 2.34. The molecule has 160 valence electrons. The van der Waals surface area contributed by atoms with Crippen LogP contribution in [0.15, 0.2) is 36.4 Å². The van der Waals surface area contributed by atoms with E-state index in [0.29, 0.717) is 25.5 Å². The van der Waals surface area contributed by atoms with Gasteiger partial charge in [0.1, 0.15) is 0 Å². The molecule has 2 aliphatic heterocycles. The van der Waals surface area contributed by atoms with Crippen molar-refractivity contribution in [2.75, 3.05) is 33.3 Å². The van der Waals surface area contributed by atoms with Gasteiger partial charge in [0.2, 0.25) is 0 Å². The summed E-state index contributed by atoms with van der Waals surface area (Å²) < 4.78 is 47.1. The van der Waals surface area contributed by atoms with Gasteiger partial charge in [-0.15, -0.1) is 0 Å². The molecule has 2 aromatic carbocycles. The SMILES string of the molecule is CN1CCC(COC(=O)N2CCc3ccccc3[C@H]2c2cc(F)c(F)c(F)c2)CC1. The lowest BCUT2D eigenvalue weighted by atomic mass is 9.88. The molecule has 1 fully saturated rings. The number of piperidine rings is 1. The predicted molar refractivity (Wildman–Crippen MR) is 107 cm³/mol. The molecule has 0 aliphatic carbocycles. The zero-order chi connectivity index (χ0) is 21.3. The van der Waals surface area contributed by atoms with Crippen LogP contribution >= 0.6 is 0 Å². The summed E-state index contributed by atoms with van der Waals surface area (Å²) in [6.07, 6.45) is 2.02. The van der Waals surface area contributed by atoms with E-state index in [1.807, 2.05) is 24.3 Å². The maximum absolute atomic E-state index is 14.0. The molecule has 2 aliphatic rings. The van der Waals surface area contributed by atoms with Crippen molar-refractivity contribution in [2.24, 2.45) is 5.92 Å². The van der Waals surface area contributed by atoms with Gasteiger partial charge in [-0.2, -0.15) is 0 Å². The Morgan fingerprint density at radius 1 is 1.07 bits per heavy atom. The molecule has 7 heteroatoms. The highest BCUT2D eigenvalue weighted by molar-refractivity contribution is 5.70. The average molecular weight is 418 g/mol. The first kappa shape index (κ1) is 20.7. The minimum absolute atomic E-state index is 0.190. The fraction of sp³-hybridized carbons (Fsp3) is 0.435. The number of rotatable bonds is 3. The van der Waals surface area contributed by atoms with Gasteiger partial charge in [0.05, 0.1) is 12.6 Å². The number of nitrogens with zero attached hydrogens (tertiary/aromatic N) is 2. The molecule has 1 amide bonds. The van der Waals surface area contributed by atoms with Crippen LogP contribution in [0.5, 0.6) is 0 Å². The minimum atomic E-state index is -1.51. The second kappa shape index (κ2) is 8.68. The van der Waals surface area contributed by atoms with E-state index in [0.717, 1.165) is 49.2 Å². The highest BCUT2D eigenvalue weighted by atomic mass is 19.2. The first-order valence-corrected chi connectivity index (χ1v) is 10.3. The number of ether oxygens (including phenoxy) is 1. The Kier molecular flexibility index (Phi) is 5.99. The molecule has 0 radical (unpaired) electrons. The third-order valence-corrected chi connectivity index (χ3v) is 6.12. The Balaban J connectivity index is 1.59. The molecule has 0 spiro atoms. The maximum Gasteiger partial charge on any atom is 0.410 e. The van der Waals surface area contributed by atoms with Gasteiger partial charge in [-0.1, -0.05) is 24.3 Å². The van der Waals surface area contributed by atoms with E-state index in [4.69, 9.17) is 4.74 Å². The van der Waals surface area contributed by atoms with Crippen molar-refractivity contribution >= 4 is 6.09 Å². The Morgan fingerprint density at radius 2 is 1.73 bits per heavy atom. The summed E-state index contributed by atoms with van der Waals surface area (Å²) in [5.74, 6) is -3.75. The number of amides is 1. The fourth-order valence-electron chi connectivity index (χ4n) is 4.36. The van der Waals surface area contributed by atoms with E-state index in [1.165, 1.54) is 4.90 Å².